The SMILES string of the molecule is CCc1cccc(CC)c1NC(=O)COC(=O)c1cccc(I)c1. The molecule has 0 aromatic heterocycles. The molecule has 126 valence electrons. The van der Waals surface area contributed by atoms with Crippen LogP contribution in [0.15, 0.2) is 42.5 Å². The van der Waals surface area contributed by atoms with E-state index in [1.54, 1.807) is 18.2 Å². The van der Waals surface area contributed by atoms with E-state index in [0.29, 0.717) is 5.56 Å². The Balaban J connectivity index is 2.00. The van der Waals surface area contributed by atoms with Crippen LogP contribution < -0.4 is 5.32 Å². The number of anilines is 1. The van der Waals surface area contributed by atoms with E-state index in [2.05, 4.69) is 27.9 Å². The van der Waals surface area contributed by atoms with Gasteiger partial charge in [-0.2, -0.15) is 0 Å². The lowest BCUT2D eigenvalue weighted by Gasteiger charge is -2.14. The number of amides is 1. The van der Waals surface area contributed by atoms with Crippen molar-refractivity contribution >= 4 is 40.2 Å². The Hall–Kier alpha value is -1.89. The summed E-state index contributed by atoms with van der Waals surface area (Å²) in [7, 11) is 0. The summed E-state index contributed by atoms with van der Waals surface area (Å²) >= 11 is 2.12. The average Bonchev–Trinajstić information content (AvgIpc) is 2.59. The van der Waals surface area contributed by atoms with Crippen LogP contribution in [0.2, 0.25) is 0 Å². The minimum atomic E-state index is -0.497. The summed E-state index contributed by atoms with van der Waals surface area (Å²) in [5.74, 6) is -0.826. The Morgan fingerprint density at radius 2 is 1.67 bits per heavy atom. The largest absolute Gasteiger partial charge is 0.452 e. The Bertz CT molecular complexity index is 721. The second-order valence-electron chi connectivity index (χ2n) is 5.29. The maximum absolute atomic E-state index is 12.2. The molecule has 0 fully saturated rings. The highest BCUT2D eigenvalue weighted by Gasteiger charge is 2.13. The van der Waals surface area contributed by atoms with E-state index in [1.165, 1.54) is 0 Å². The van der Waals surface area contributed by atoms with Gasteiger partial charge in [-0.25, -0.2) is 4.79 Å². The van der Waals surface area contributed by atoms with Crippen LogP contribution in [0, 0.1) is 3.57 Å². The van der Waals surface area contributed by atoms with Gasteiger partial charge < -0.3 is 10.1 Å². The van der Waals surface area contributed by atoms with E-state index in [-0.39, 0.29) is 12.5 Å². The third-order valence-electron chi connectivity index (χ3n) is 3.66. The van der Waals surface area contributed by atoms with Gasteiger partial charge in [-0.15, -0.1) is 0 Å². The third-order valence-corrected chi connectivity index (χ3v) is 4.33. The molecule has 2 aromatic rings. The predicted octanol–water partition coefficient (Wildman–Crippen LogP) is 4.21. The molecule has 0 heterocycles. The lowest BCUT2D eigenvalue weighted by molar-refractivity contribution is -0.119. The van der Waals surface area contributed by atoms with Crippen LogP contribution in [0.5, 0.6) is 0 Å². The second-order valence-corrected chi connectivity index (χ2v) is 6.54. The van der Waals surface area contributed by atoms with Gasteiger partial charge in [-0.1, -0.05) is 38.1 Å². The number of aryl methyl sites for hydroxylation is 2. The maximum atomic E-state index is 12.2. The van der Waals surface area contributed by atoms with Gasteiger partial charge in [0, 0.05) is 9.26 Å². The summed E-state index contributed by atoms with van der Waals surface area (Å²) in [6, 6.07) is 13.0. The summed E-state index contributed by atoms with van der Waals surface area (Å²) in [6.45, 7) is 3.79. The molecule has 0 atom stereocenters. The molecule has 2 rings (SSSR count). The number of ether oxygens (including phenoxy) is 1. The molecular weight excluding hydrogens is 417 g/mol. The Morgan fingerprint density at radius 1 is 1.04 bits per heavy atom. The normalized spacial score (nSPS) is 10.3. The summed E-state index contributed by atoms with van der Waals surface area (Å²) < 4.78 is 6.05. The molecule has 0 aliphatic carbocycles. The van der Waals surface area contributed by atoms with E-state index in [4.69, 9.17) is 4.74 Å². The monoisotopic (exact) mass is 437 g/mol. The first-order valence-electron chi connectivity index (χ1n) is 7.88. The van der Waals surface area contributed by atoms with E-state index >= 15 is 0 Å². The van der Waals surface area contributed by atoms with Crippen molar-refractivity contribution in [3.8, 4) is 0 Å². The zero-order valence-electron chi connectivity index (χ0n) is 13.8. The van der Waals surface area contributed by atoms with Crippen molar-refractivity contribution in [1.29, 1.82) is 0 Å². The van der Waals surface area contributed by atoms with Crippen molar-refractivity contribution in [2.24, 2.45) is 0 Å². The topological polar surface area (TPSA) is 55.4 Å². The van der Waals surface area contributed by atoms with Crippen LogP contribution in [0.25, 0.3) is 0 Å². The zero-order valence-corrected chi connectivity index (χ0v) is 15.9. The third kappa shape index (κ3) is 4.80. The number of hydrogen-bond donors (Lipinski definition) is 1. The summed E-state index contributed by atoms with van der Waals surface area (Å²) in [5, 5.41) is 2.88. The van der Waals surface area contributed by atoms with Crippen LogP contribution in [-0.2, 0) is 22.4 Å². The number of para-hydroxylation sites is 1. The molecule has 2 aromatic carbocycles. The van der Waals surface area contributed by atoms with E-state index in [9.17, 15) is 9.59 Å². The quantitative estimate of drug-likeness (QED) is 0.544. The number of halogens is 1. The minimum Gasteiger partial charge on any atom is -0.452 e. The highest BCUT2D eigenvalue weighted by atomic mass is 127. The van der Waals surface area contributed by atoms with Gasteiger partial charge in [-0.05, 0) is 64.8 Å². The van der Waals surface area contributed by atoms with Crippen LogP contribution in [0.3, 0.4) is 0 Å². The number of rotatable bonds is 6. The van der Waals surface area contributed by atoms with Crippen LogP contribution in [-0.4, -0.2) is 18.5 Å². The molecule has 5 heteroatoms. The molecule has 0 spiro atoms. The van der Waals surface area contributed by atoms with Crippen LogP contribution in [0.1, 0.15) is 35.3 Å². The number of benzene rings is 2. The molecule has 0 radical (unpaired) electrons. The van der Waals surface area contributed by atoms with Gasteiger partial charge in [0.05, 0.1) is 5.56 Å². The van der Waals surface area contributed by atoms with E-state index in [0.717, 1.165) is 33.2 Å². The molecule has 0 unspecified atom stereocenters. The first-order chi connectivity index (χ1) is 11.5. The molecule has 0 aliphatic rings. The molecule has 0 saturated heterocycles. The fraction of sp³-hybridized carbons (Fsp3) is 0.263. The average molecular weight is 437 g/mol. The van der Waals surface area contributed by atoms with Crippen molar-refractivity contribution in [3.63, 3.8) is 0 Å². The number of nitrogens with one attached hydrogen (secondary N) is 1. The Morgan fingerprint density at radius 3 is 2.25 bits per heavy atom. The van der Waals surface area contributed by atoms with Crippen molar-refractivity contribution in [3.05, 3.63) is 62.7 Å². The van der Waals surface area contributed by atoms with Crippen molar-refractivity contribution in [1.82, 2.24) is 0 Å². The van der Waals surface area contributed by atoms with Gasteiger partial charge >= 0.3 is 5.97 Å². The number of carbonyl (C=O) groups excluding carboxylic acids is 2. The fourth-order valence-corrected chi connectivity index (χ4v) is 2.95. The van der Waals surface area contributed by atoms with Gasteiger partial charge in [0.25, 0.3) is 5.91 Å². The molecule has 0 aliphatic heterocycles. The fourth-order valence-electron chi connectivity index (χ4n) is 2.41. The zero-order chi connectivity index (χ0) is 17.5. The second kappa shape index (κ2) is 8.82. The minimum absolute atomic E-state index is 0.300. The standard InChI is InChI=1S/C19H20INO3/c1-3-13-7-5-8-14(4-2)18(13)21-17(22)12-24-19(23)15-9-6-10-16(20)11-15/h5-11H,3-4,12H2,1-2H3,(H,21,22). The summed E-state index contributed by atoms with van der Waals surface area (Å²) in [4.78, 5) is 24.2. The van der Waals surface area contributed by atoms with Gasteiger partial charge in [0.2, 0.25) is 0 Å². The number of carbonyl (C=O) groups is 2. The summed E-state index contributed by atoms with van der Waals surface area (Å²) in [6.07, 6.45) is 1.65. The lowest BCUT2D eigenvalue weighted by atomic mass is 10.0. The van der Waals surface area contributed by atoms with Crippen LogP contribution in [0.4, 0.5) is 5.69 Å². The van der Waals surface area contributed by atoms with Crippen molar-refractivity contribution in [2.75, 3.05) is 11.9 Å². The highest BCUT2D eigenvalue weighted by Crippen LogP contribution is 2.22. The van der Waals surface area contributed by atoms with Crippen molar-refractivity contribution < 1.29 is 14.3 Å². The first-order valence-corrected chi connectivity index (χ1v) is 8.96. The van der Waals surface area contributed by atoms with Gasteiger partial charge in [-0.3, -0.25) is 4.79 Å². The molecule has 0 bridgehead atoms. The maximum Gasteiger partial charge on any atom is 0.338 e. The molecule has 4 nitrogen and oxygen atoms in total. The van der Waals surface area contributed by atoms with Crippen molar-refractivity contribution in [2.45, 2.75) is 26.7 Å². The van der Waals surface area contributed by atoms with Gasteiger partial charge in [0.1, 0.15) is 0 Å². The van der Waals surface area contributed by atoms with E-state index < -0.39 is 5.97 Å². The molecule has 1 N–H and O–H groups in total. The molecule has 1 amide bonds. The first kappa shape index (κ1) is 18.4. The summed E-state index contributed by atoms with van der Waals surface area (Å²) in [5.41, 5.74) is 3.42. The predicted molar refractivity (Wildman–Crippen MR) is 103 cm³/mol. The van der Waals surface area contributed by atoms with Gasteiger partial charge in [0.15, 0.2) is 6.61 Å². The number of esters is 1. The molecule has 0 saturated carbocycles. The Labute approximate surface area is 155 Å². The molecule has 24 heavy (non-hydrogen) atoms. The van der Waals surface area contributed by atoms with E-state index in [1.807, 2.05) is 38.1 Å². The lowest BCUT2D eigenvalue weighted by Crippen LogP contribution is -2.22. The molecular formula is C19H20INO3. The highest BCUT2D eigenvalue weighted by molar-refractivity contribution is 14.1. The smallest absolute Gasteiger partial charge is 0.338 e. The number of hydrogen-bond acceptors (Lipinski definition) is 3. The van der Waals surface area contributed by atoms with Crippen LogP contribution >= 0.6 is 22.6 Å². The Kier molecular flexibility index (Phi) is 6.78.